The zero-order valence-electron chi connectivity index (χ0n) is 11.4. The first-order chi connectivity index (χ1) is 9.37. The molecular formula is C15H16F2N2O. The van der Waals surface area contributed by atoms with E-state index in [1.807, 2.05) is 0 Å². The third kappa shape index (κ3) is 2.11. The summed E-state index contributed by atoms with van der Waals surface area (Å²) in [4.78, 5) is 12.3. The van der Waals surface area contributed by atoms with Crippen LogP contribution < -0.4 is 5.43 Å². The smallest absolute Gasteiger partial charge is 0.159 e. The summed E-state index contributed by atoms with van der Waals surface area (Å²) in [6.07, 6.45) is 1.32. The molecule has 0 aromatic heterocycles. The highest BCUT2D eigenvalue weighted by Crippen LogP contribution is 2.39. The summed E-state index contributed by atoms with van der Waals surface area (Å²) in [7, 11) is 0. The van der Waals surface area contributed by atoms with Crippen molar-refractivity contribution in [2.24, 2.45) is 16.4 Å². The number of nitrogens with one attached hydrogen (secondary N) is 1. The first kappa shape index (κ1) is 13.2. The Hall–Kier alpha value is -1.78. The summed E-state index contributed by atoms with van der Waals surface area (Å²) in [5.74, 6) is -2.06. The molecule has 2 atom stereocenters. The predicted molar refractivity (Wildman–Crippen MR) is 71.3 cm³/mol. The predicted octanol–water partition coefficient (Wildman–Crippen LogP) is 2.65. The van der Waals surface area contributed by atoms with Gasteiger partial charge in [-0.05, 0) is 30.0 Å². The summed E-state index contributed by atoms with van der Waals surface area (Å²) in [5.41, 5.74) is 3.92. The lowest BCUT2D eigenvalue weighted by molar-refractivity contribution is -0.126. The maximum atomic E-state index is 13.3. The largest absolute Gasteiger partial charge is 0.306 e. The van der Waals surface area contributed by atoms with Gasteiger partial charge in [0.2, 0.25) is 0 Å². The maximum Gasteiger partial charge on any atom is 0.159 e. The monoisotopic (exact) mass is 278 g/mol. The van der Waals surface area contributed by atoms with Crippen molar-refractivity contribution >= 4 is 11.5 Å². The van der Waals surface area contributed by atoms with E-state index in [1.165, 1.54) is 6.07 Å². The highest BCUT2D eigenvalue weighted by molar-refractivity contribution is 6.15. The quantitative estimate of drug-likeness (QED) is 0.858. The van der Waals surface area contributed by atoms with Crippen molar-refractivity contribution in [1.29, 1.82) is 0 Å². The Kier molecular flexibility index (Phi) is 2.88. The molecule has 1 saturated carbocycles. The minimum Gasteiger partial charge on any atom is -0.306 e. The van der Waals surface area contributed by atoms with Crippen LogP contribution in [-0.2, 0) is 4.79 Å². The lowest BCUT2D eigenvalue weighted by Crippen LogP contribution is -2.45. The van der Waals surface area contributed by atoms with Gasteiger partial charge in [0.15, 0.2) is 11.6 Å². The first-order valence-corrected chi connectivity index (χ1v) is 6.69. The molecule has 0 radical (unpaired) electrons. The summed E-state index contributed by atoms with van der Waals surface area (Å²) in [6.45, 7) is 4.11. The van der Waals surface area contributed by atoms with E-state index in [0.717, 1.165) is 18.6 Å². The van der Waals surface area contributed by atoms with Crippen molar-refractivity contribution in [2.75, 3.05) is 0 Å². The second-order valence-corrected chi connectivity index (χ2v) is 6.35. The van der Waals surface area contributed by atoms with E-state index in [9.17, 15) is 13.6 Å². The molecule has 1 fully saturated rings. The van der Waals surface area contributed by atoms with E-state index in [4.69, 9.17) is 0 Å². The number of halogens is 2. The van der Waals surface area contributed by atoms with E-state index in [-0.39, 0.29) is 23.2 Å². The molecule has 0 bridgehead atoms. The van der Waals surface area contributed by atoms with Gasteiger partial charge in [0, 0.05) is 12.0 Å². The molecular weight excluding hydrogens is 262 g/mol. The Morgan fingerprint density at radius 1 is 1.30 bits per heavy atom. The van der Waals surface area contributed by atoms with Crippen molar-refractivity contribution in [3.8, 4) is 0 Å². The van der Waals surface area contributed by atoms with Gasteiger partial charge in [-0.2, -0.15) is 5.10 Å². The van der Waals surface area contributed by atoms with Gasteiger partial charge in [0.25, 0.3) is 0 Å². The van der Waals surface area contributed by atoms with Crippen LogP contribution in [0.25, 0.3) is 0 Å². The fraction of sp³-hybridized carbons (Fsp3) is 0.467. The Bertz CT molecular complexity index is 610. The van der Waals surface area contributed by atoms with Crippen LogP contribution >= 0.6 is 0 Å². The molecule has 106 valence electrons. The highest BCUT2D eigenvalue weighted by atomic mass is 19.2. The summed E-state index contributed by atoms with van der Waals surface area (Å²) >= 11 is 0. The van der Waals surface area contributed by atoms with Gasteiger partial charge in [-0.15, -0.1) is 0 Å². The lowest BCUT2D eigenvalue weighted by atomic mass is 9.68. The lowest BCUT2D eigenvalue weighted by Gasteiger charge is -2.36. The van der Waals surface area contributed by atoms with E-state index in [2.05, 4.69) is 24.4 Å². The summed E-state index contributed by atoms with van der Waals surface area (Å²) < 4.78 is 26.3. The minimum absolute atomic E-state index is 0.0469. The van der Waals surface area contributed by atoms with E-state index in [0.29, 0.717) is 17.7 Å². The number of nitrogens with zero attached hydrogens (tertiary/aromatic N) is 1. The average molecular weight is 278 g/mol. The van der Waals surface area contributed by atoms with Crippen molar-refractivity contribution in [3.05, 3.63) is 35.4 Å². The van der Waals surface area contributed by atoms with Gasteiger partial charge >= 0.3 is 0 Å². The number of hydrogen-bond donors (Lipinski definition) is 1. The Balaban J connectivity index is 1.93. The molecule has 0 unspecified atom stereocenters. The van der Waals surface area contributed by atoms with Gasteiger partial charge in [0.05, 0.1) is 17.7 Å². The number of Topliss-reactive ketones (excluding diaryl/α,β-unsaturated/α-hetero) is 1. The molecule has 0 saturated heterocycles. The molecule has 1 aliphatic heterocycles. The molecule has 0 spiro atoms. The zero-order chi connectivity index (χ0) is 14.5. The van der Waals surface area contributed by atoms with Crippen LogP contribution in [0.1, 0.15) is 32.3 Å². The van der Waals surface area contributed by atoms with Gasteiger partial charge in [-0.3, -0.25) is 4.79 Å². The van der Waals surface area contributed by atoms with Crippen LogP contribution in [0.4, 0.5) is 8.78 Å². The summed E-state index contributed by atoms with van der Waals surface area (Å²) in [6, 6.07) is 3.59. The molecule has 0 amide bonds. The fourth-order valence-corrected chi connectivity index (χ4v) is 3.18. The van der Waals surface area contributed by atoms with Crippen molar-refractivity contribution in [2.45, 2.75) is 32.7 Å². The number of carbonyl (C=O) groups excluding carboxylic acids is 1. The molecule has 1 aromatic rings. The Labute approximate surface area is 116 Å². The maximum absolute atomic E-state index is 13.3. The third-order valence-corrected chi connectivity index (χ3v) is 4.04. The molecule has 20 heavy (non-hydrogen) atoms. The van der Waals surface area contributed by atoms with Crippen molar-refractivity contribution in [1.82, 2.24) is 5.43 Å². The molecule has 1 aliphatic carbocycles. The van der Waals surface area contributed by atoms with Crippen LogP contribution in [0, 0.1) is 23.0 Å². The molecule has 3 nitrogen and oxygen atoms in total. The van der Waals surface area contributed by atoms with Gasteiger partial charge in [-0.25, -0.2) is 8.78 Å². The Morgan fingerprint density at radius 2 is 2.05 bits per heavy atom. The topological polar surface area (TPSA) is 41.5 Å². The van der Waals surface area contributed by atoms with E-state index < -0.39 is 11.6 Å². The number of carbonyl (C=O) groups is 1. The molecule has 1 heterocycles. The summed E-state index contributed by atoms with van der Waals surface area (Å²) in [5, 5.41) is 4.19. The molecule has 3 rings (SSSR count). The number of benzene rings is 1. The molecule has 1 aromatic carbocycles. The number of hydrazone groups is 1. The second kappa shape index (κ2) is 4.36. The average Bonchev–Trinajstić information content (AvgIpc) is 2.75. The van der Waals surface area contributed by atoms with Crippen LogP contribution in [-0.4, -0.2) is 17.5 Å². The van der Waals surface area contributed by atoms with Crippen molar-refractivity contribution in [3.63, 3.8) is 0 Å². The van der Waals surface area contributed by atoms with E-state index >= 15 is 0 Å². The highest BCUT2D eigenvalue weighted by Gasteiger charge is 2.46. The number of fused-ring (bicyclic) bond motifs is 1. The number of ketones is 1. The van der Waals surface area contributed by atoms with Crippen molar-refractivity contribution < 1.29 is 13.6 Å². The molecule has 1 N–H and O–H groups in total. The van der Waals surface area contributed by atoms with Crippen LogP contribution in [0.3, 0.4) is 0 Å². The fourth-order valence-electron chi connectivity index (χ4n) is 3.18. The first-order valence-electron chi connectivity index (χ1n) is 6.69. The SMILES string of the molecule is CC1(C)CC(=O)[C@@H]2C(c3ccc(F)c(F)c3)=NN[C@H]2C1. The zero-order valence-corrected chi connectivity index (χ0v) is 11.4. The molecule has 2 aliphatic rings. The van der Waals surface area contributed by atoms with Crippen LogP contribution in [0.15, 0.2) is 23.3 Å². The second-order valence-electron chi connectivity index (χ2n) is 6.35. The van der Waals surface area contributed by atoms with Crippen LogP contribution in [0.2, 0.25) is 0 Å². The Morgan fingerprint density at radius 3 is 2.75 bits per heavy atom. The van der Waals surface area contributed by atoms with Gasteiger partial charge < -0.3 is 5.43 Å². The van der Waals surface area contributed by atoms with Crippen LogP contribution in [0.5, 0.6) is 0 Å². The normalized spacial score (nSPS) is 27.8. The minimum atomic E-state index is -0.919. The number of rotatable bonds is 1. The number of hydrogen-bond acceptors (Lipinski definition) is 3. The van der Waals surface area contributed by atoms with Gasteiger partial charge in [0.1, 0.15) is 5.78 Å². The third-order valence-electron chi connectivity index (χ3n) is 4.04. The van der Waals surface area contributed by atoms with Gasteiger partial charge in [-0.1, -0.05) is 13.8 Å². The molecule has 5 heteroatoms. The van der Waals surface area contributed by atoms with E-state index in [1.54, 1.807) is 0 Å². The standard InChI is InChI=1S/C15H16F2N2O/c1-15(2)6-11-13(12(20)7-15)14(19-18-11)8-3-4-9(16)10(17)5-8/h3-5,11,13,18H,6-7H2,1-2H3/t11-,13+/m0/s1.